The van der Waals surface area contributed by atoms with E-state index >= 15 is 0 Å². The summed E-state index contributed by atoms with van der Waals surface area (Å²) >= 11 is 0. The van der Waals surface area contributed by atoms with E-state index in [2.05, 4.69) is 0 Å². The zero-order chi connectivity index (χ0) is 22.0. The number of rotatable bonds is 6. The van der Waals surface area contributed by atoms with Crippen molar-refractivity contribution in [1.29, 1.82) is 0 Å². The van der Waals surface area contributed by atoms with Crippen molar-refractivity contribution in [3.8, 4) is 16.9 Å². The van der Waals surface area contributed by atoms with Crippen molar-refractivity contribution < 1.29 is 13.9 Å². The summed E-state index contributed by atoms with van der Waals surface area (Å²) in [4.78, 5) is 27.7. The number of fused-ring (bicyclic) bond motifs is 1. The summed E-state index contributed by atoms with van der Waals surface area (Å²) in [7, 11) is 0. The second-order valence-corrected chi connectivity index (χ2v) is 8.08. The van der Waals surface area contributed by atoms with Crippen LogP contribution in [0.3, 0.4) is 0 Å². The summed E-state index contributed by atoms with van der Waals surface area (Å²) in [5, 5.41) is 0.483. The zero-order valence-electron chi connectivity index (χ0n) is 18.4. The van der Waals surface area contributed by atoms with Gasteiger partial charge in [0.2, 0.25) is 5.43 Å². The van der Waals surface area contributed by atoms with Crippen molar-refractivity contribution in [3.05, 3.63) is 64.5 Å². The van der Waals surface area contributed by atoms with Crippen LogP contribution in [-0.4, -0.2) is 29.0 Å². The van der Waals surface area contributed by atoms with Crippen LogP contribution in [0.2, 0.25) is 0 Å². The van der Waals surface area contributed by atoms with Gasteiger partial charge < -0.3 is 14.1 Å². The van der Waals surface area contributed by atoms with Crippen molar-refractivity contribution in [3.63, 3.8) is 0 Å². The second kappa shape index (κ2) is 8.74. The van der Waals surface area contributed by atoms with Gasteiger partial charge in [-0.25, -0.2) is 0 Å². The molecule has 0 unspecified atom stereocenters. The fourth-order valence-corrected chi connectivity index (χ4v) is 3.87. The van der Waals surface area contributed by atoms with E-state index in [0.717, 1.165) is 5.56 Å². The van der Waals surface area contributed by atoms with Crippen LogP contribution in [0, 0.1) is 6.92 Å². The van der Waals surface area contributed by atoms with Gasteiger partial charge in [-0.3, -0.25) is 9.59 Å². The molecule has 0 radical (unpaired) electrons. The average Bonchev–Trinajstić information content (AvgIpc) is 2.68. The molecule has 0 N–H and O–H groups in total. The Kier molecular flexibility index (Phi) is 6.30. The van der Waals surface area contributed by atoms with Gasteiger partial charge in [-0.15, -0.1) is 0 Å². The van der Waals surface area contributed by atoms with E-state index in [1.807, 2.05) is 62.9 Å². The molecule has 3 rings (SSSR count). The SMILES string of the molecule is Cc1oc2cc(O[C@@H](C)C(=O)N(C(C)C)C(C)C)ccc2c(=O)c1-c1ccccc1. The molecule has 1 amide bonds. The van der Waals surface area contributed by atoms with Crippen LogP contribution in [0.25, 0.3) is 22.1 Å². The Bertz CT molecular complexity index is 1090. The predicted octanol–water partition coefficient (Wildman–Crippen LogP) is 5.18. The molecule has 0 spiro atoms. The molecule has 1 heterocycles. The molecule has 3 aromatic rings. The molecule has 1 atom stereocenters. The van der Waals surface area contributed by atoms with E-state index in [0.29, 0.717) is 28.0 Å². The van der Waals surface area contributed by atoms with Gasteiger partial charge >= 0.3 is 0 Å². The number of hydrogen-bond donors (Lipinski definition) is 0. The Morgan fingerprint density at radius 2 is 1.60 bits per heavy atom. The van der Waals surface area contributed by atoms with Gasteiger partial charge in [0.15, 0.2) is 6.10 Å². The minimum Gasteiger partial charge on any atom is -0.481 e. The number of aryl methyl sites for hydroxylation is 1. The standard InChI is InChI=1S/C25H29NO4/c1-15(2)26(16(3)4)25(28)18(6)29-20-12-13-21-22(14-20)30-17(5)23(24(21)27)19-10-8-7-9-11-19/h7-16,18H,1-6H3/t18-/m0/s1. The van der Waals surface area contributed by atoms with Gasteiger partial charge in [-0.05, 0) is 59.2 Å². The fraction of sp³-hybridized carbons (Fsp3) is 0.360. The predicted molar refractivity (Wildman–Crippen MR) is 120 cm³/mol. The normalized spacial score (nSPS) is 12.4. The first kappa shape index (κ1) is 21.6. The molecular formula is C25H29NO4. The quantitative estimate of drug-likeness (QED) is 0.565. The smallest absolute Gasteiger partial charge is 0.263 e. The zero-order valence-corrected chi connectivity index (χ0v) is 18.4. The largest absolute Gasteiger partial charge is 0.481 e. The monoisotopic (exact) mass is 407 g/mol. The van der Waals surface area contributed by atoms with Crippen LogP contribution in [0.5, 0.6) is 5.75 Å². The first-order valence-electron chi connectivity index (χ1n) is 10.3. The lowest BCUT2D eigenvalue weighted by Gasteiger charge is -2.33. The number of benzene rings is 2. The van der Waals surface area contributed by atoms with Gasteiger partial charge in [0.05, 0.1) is 10.9 Å². The van der Waals surface area contributed by atoms with Gasteiger partial charge in [-0.2, -0.15) is 0 Å². The molecule has 0 aliphatic heterocycles. The van der Waals surface area contributed by atoms with Crippen molar-refractivity contribution in [2.45, 2.75) is 59.7 Å². The Balaban J connectivity index is 1.93. The molecule has 0 aliphatic carbocycles. The molecular weight excluding hydrogens is 378 g/mol. The lowest BCUT2D eigenvalue weighted by Crippen LogP contribution is -2.48. The number of carbonyl (C=O) groups excluding carboxylic acids is 1. The van der Waals surface area contributed by atoms with Crippen LogP contribution < -0.4 is 10.2 Å². The maximum atomic E-state index is 13.1. The van der Waals surface area contributed by atoms with Gasteiger partial charge in [0.25, 0.3) is 5.91 Å². The van der Waals surface area contributed by atoms with E-state index < -0.39 is 6.10 Å². The van der Waals surface area contributed by atoms with Crippen LogP contribution >= 0.6 is 0 Å². The molecule has 0 fully saturated rings. The maximum absolute atomic E-state index is 13.1. The van der Waals surface area contributed by atoms with Crippen LogP contribution in [0.4, 0.5) is 0 Å². The minimum atomic E-state index is -0.649. The second-order valence-electron chi connectivity index (χ2n) is 8.08. The summed E-state index contributed by atoms with van der Waals surface area (Å²) < 4.78 is 11.9. The molecule has 0 bridgehead atoms. The van der Waals surface area contributed by atoms with Crippen LogP contribution in [0.15, 0.2) is 57.7 Å². The minimum absolute atomic E-state index is 0.0721. The molecule has 0 saturated heterocycles. The van der Waals surface area contributed by atoms with Crippen LogP contribution in [-0.2, 0) is 4.79 Å². The molecule has 158 valence electrons. The highest BCUT2D eigenvalue weighted by molar-refractivity contribution is 5.84. The summed E-state index contributed by atoms with van der Waals surface area (Å²) in [6, 6.07) is 14.7. The third-order valence-electron chi connectivity index (χ3n) is 5.13. The van der Waals surface area contributed by atoms with E-state index in [1.54, 1.807) is 32.0 Å². The van der Waals surface area contributed by atoms with Crippen molar-refractivity contribution in [2.75, 3.05) is 0 Å². The highest BCUT2D eigenvalue weighted by Crippen LogP contribution is 2.27. The number of carbonyl (C=O) groups is 1. The topological polar surface area (TPSA) is 59.8 Å². The average molecular weight is 408 g/mol. The van der Waals surface area contributed by atoms with Gasteiger partial charge in [0, 0.05) is 18.2 Å². The highest BCUT2D eigenvalue weighted by Gasteiger charge is 2.26. The molecule has 1 aromatic heterocycles. The number of nitrogens with zero attached hydrogens (tertiary/aromatic N) is 1. The van der Waals surface area contributed by atoms with E-state index in [1.165, 1.54) is 0 Å². The number of ether oxygens (including phenoxy) is 1. The molecule has 30 heavy (non-hydrogen) atoms. The van der Waals surface area contributed by atoms with E-state index in [4.69, 9.17) is 9.15 Å². The van der Waals surface area contributed by atoms with Gasteiger partial charge in [0.1, 0.15) is 17.1 Å². The summed E-state index contributed by atoms with van der Waals surface area (Å²) in [5.74, 6) is 0.966. The lowest BCUT2D eigenvalue weighted by atomic mass is 10.0. The fourth-order valence-electron chi connectivity index (χ4n) is 3.87. The van der Waals surface area contributed by atoms with Crippen molar-refractivity contribution in [1.82, 2.24) is 4.90 Å². The molecule has 0 aliphatic rings. The first-order valence-corrected chi connectivity index (χ1v) is 10.3. The summed E-state index contributed by atoms with van der Waals surface area (Å²) in [6.07, 6.45) is -0.649. The van der Waals surface area contributed by atoms with Crippen LogP contribution in [0.1, 0.15) is 40.4 Å². The third-order valence-corrected chi connectivity index (χ3v) is 5.13. The third kappa shape index (κ3) is 4.25. The summed E-state index contributed by atoms with van der Waals surface area (Å²) in [6.45, 7) is 11.5. The maximum Gasteiger partial charge on any atom is 0.263 e. The van der Waals surface area contributed by atoms with Crippen molar-refractivity contribution >= 4 is 16.9 Å². The molecule has 2 aromatic carbocycles. The number of hydrogen-bond acceptors (Lipinski definition) is 4. The van der Waals surface area contributed by atoms with Crippen molar-refractivity contribution in [2.24, 2.45) is 0 Å². The Morgan fingerprint density at radius 1 is 0.967 bits per heavy atom. The Hall–Kier alpha value is -3.08. The molecule has 0 saturated carbocycles. The number of amides is 1. The molecule has 5 heteroatoms. The molecule has 5 nitrogen and oxygen atoms in total. The summed E-state index contributed by atoms with van der Waals surface area (Å²) in [5.41, 5.74) is 1.75. The van der Waals surface area contributed by atoms with Gasteiger partial charge in [-0.1, -0.05) is 30.3 Å². The van der Waals surface area contributed by atoms with E-state index in [-0.39, 0.29) is 23.4 Å². The highest BCUT2D eigenvalue weighted by atomic mass is 16.5. The Labute approximate surface area is 177 Å². The Morgan fingerprint density at radius 3 is 2.20 bits per heavy atom. The lowest BCUT2D eigenvalue weighted by molar-refractivity contribution is -0.141. The first-order chi connectivity index (χ1) is 14.2. The van der Waals surface area contributed by atoms with E-state index in [9.17, 15) is 9.59 Å².